The second kappa shape index (κ2) is 7.83. The third-order valence-electron chi connectivity index (χ3n) is 6.55. The second-order valence-electron chi connectivity index (χ2n) is 9.32. The highest BCUT2D eigenvalue weighted by atomic mass is 32.2. The minimum Gasteiger partial charge on any atom is -0.338 e. The Morgan fingerprint density at radius 2 is 1.61 bits per heavy atom. The highest BCUT2D eigenvalue weighted by molar-refractivity contribution is 7.99. The van der Waals surface area contributed by atoms with Crippen LogP contribution in [0.1, 0.15) is 37.0 Å². The van der Waals surface area contributed by atoms with Gasteiger partial charge in [-0.1, -0.05) is 56.0 Å². The lowest BCUT2D eigenvalue weighted by Gasteiger charge is -2.32. The monoisotopic (exact) mass is 444 g/mol. The number of hydrogen-bond donors (Lipinski definition) is 1. The number of fused-ring (bicyclic) bond motifs is 3. The first-order valence-corrected chi connectivity index (χ1v) is 12.3. The van der Waals surface area contributed by atoms with Gasteiger partial charge in [0.25, 0.3) is 0 Å². The van der Waals surface area contributed by atoms with Crippen LogP contribution in [0.3, 0.4) is 0 Å². The van der Waals surface area contributed by atoms with E-state index in [9.17, 15) is 0 Å². The van der Waals surface area contributed by atoms with Gasteiger partial charge in [-0.05, 0) is 82.5 Å². The van der Waals surface area contributed by atoms with Gasteiger partial charge in [0.2, 0.25) is 0 Å². The first-order valence-electron chi connectivity index (χ1n) is 11.3. The van der Waals surface area contributed by atoms with Gasteiger partial charge >= 0.3 is 0 Å². The SMILES string of the molecule is CC1(C)CCSc2ccc(C#Cc3ccc4cc(-c5nc6ccccc6[nH]5)ccc4c3)cc21. The van der Waals surface area contributed by atoms with Crippen molar-refractivity contribution in [2.75, 3.05) is 5.75 Å². The number of benzene rings is 4. The van der Waals surface area contributed by atoms with Gasteiger partial charge in [-0.2, -0.15) is 0 Å². The molecule has 2 nitrogen and oxygen atoms in total. The smallest absolute Gasteiger partial charge is 0.138 e. The van der Waals surface area contributed by atoms with Crippen molar-refractivity contribution >= 4 is 33.6 Å². The molecular formula is C30H24N2S. The van der Waals surface area contributed by atoms with Gasteiger partial charge in [-0.3, -0.25) is 0 Å². The topological polar surface area (TPSA) is 28.7 Å². The number of hydrogen-bond acceptors (Lipinski definition) is 2. The minimum absolute atomic E-state index is 0.221. The Labute approximate surface area is 198 Å². The van der Waals surface area contributed by atoms with Crippen molar-refractivity contribution in [1.82, 2.24) is 9.97 Å². The zero-order valence-corrected chi connectivity index (χ0v) is 19.6. The molecule has 0 amide bonds. The van der Waals surface area contributed by atoms with Crippen LogP contribution in [0.5, 0.6) is 0 Å². The van der Waals surface area contributed by atoms with Crippen LogP contribution >= 0.6 is 11.8 Å². The number of aromatic nitrogens is 2. The van der Waals surface area contributed by atoms with Gasteiger partial charge < -0.3 is 4.98 Å². The van der Waals surface area contributed by atoms with Crippen LogP contribution in [0.2, 0.25) is 0 Å². The normalized spacial score (nSPS) is 14.6. The number of para-hydroxylation sites is 2. The molecule has 0 aliphatic carbocycles. The maximum Gasteiger partial charge on any atom is 0.138 e. The van der Waals surface area contributed by atoms with Crippen molar-refractivity contribution in [1.29, 1.82) is 0 Å². The summed E-state index contributed by atoms with van der Waals surface area (Å²) in [5, 5.41) is 2.37. The number of aromatic amines is 1. The number of imidazole rings is 1. The van der Waals surface area contributed by atoms with Gasteiger partial charge in [-0.15, -0.1) is 11.8 Å². The molecule has 0 atom stereocenters. The Morgan fingerprint density at radius 1 is 0.848 bits per heavy atom. The molecule has 0 unspecified atom stereocenters. The summed E-state index contributed by atoms with van der Waals surface area (Å²) in [7, 11) is 0. The van der Waals surface area contributed by atoms with Crippen molar-refractivity contribution in [3.8, 4) is 23.2 Å². The molecule has 1 aromatic heterocycles. The van der Waals surface area contributed by atoms with E-state index in [4.69, 9.17) is 4.98 Å². The van der Waals surface area contributed by atoms with Crippen molar-refractivity contribution < 1.29 is 0 Å². The van der Waals surface area contributed by atoms with Gasteiger partial charge in [0, 0.05) is 21.6 Å². The molecular weight excluding hydrogens is 420 g/mol. The molecule has 33 heavy (non-hydrogen) atoms. The first-order chi connectivity index (χ1) is 16.0. The van der Waals surface area contributed by atoms with E-state index in [1.807, 2.05) is 30.0 Å². The van der Waals surface area contributed by atoms with E-state index < -0.39 is 0 Å². The summed E-state index contributed by atoms with van der Waals surface area (Å²) in [4.78, 5) is 9.56. The Bertz CT molecular complexity index is 1550. The molecule has 0 fully saturated rings. The number of rotatable bonds is 1. The maximum atomic E-state index is 4.73. The summed E-state index contributed by atoms with van der Waals surface area (Å²) in [6.45, 7) is 4.68. The number of H-pyrrole nitrogens is 1. The van der Waals surface area contributed by atoms with E-state index in [1.165, 1.54) is 33.4 Å². The van der Waals surface area contributed by atoms with Crippen LogP contribution in [0.25, 0.3) is 33.2 Å². The molecule has 0 radical (unpaired) electrons. The summed E-state index contributed by atoms with van der Waals surface area (Å²) < 4.78 is 0. The molecule has 6 rings (SSSR count). The second-order valence-corrected chi connectivity index (χ2v) is 10.5. The Hall–Kier alpha value is -3.48. The largest absolute Gasteiger partial charge is 0.338 e. The molecule has 0 spiro atoms. The molecule has 1 aliphatic rings. The standard InChI is InChI=1S/C30H24N2S/c1-30(2)15-16-33-28-14-10-21(18-25(28)30)8-7-20-9-11-23-19-24(13-12-22(23)17-20)29-31-26-5-3-4-6-27(26)32-29/h3-6,9-14,17-19H,15-16H2,1-2H3,(H,31,32). The highest BCUT2D eigenvalue weighted by Crippen LogP contribution is 2.41. The zero-order valence-electron chi connectivity index (χ0n) is 18.8. The van der Waals surface area contributed by atoms with Crippen molar-refractivity contribution in [3.05, 3.63) is 95.6 Å². The van der Waals surface area contributed by atoms with E-state index in [2.05, 4.69) is 91.3 Å². The van der Waals surface area contributed by atoms with Crippen molar-refractivity contribution in [2.24, 2.45) is 0 Å². The molecule has 3 heteroatoms. The van der Waals surface area contributed by atoms with Crippen LogP contribution < -0.4 is 0 Å². The lowest BCUT2D eigenvalue weighted by molar-refractivity contribution is 0.494. The van der Waals surface area contributed by atoms with E-state index in [0.717, 1.165) is 33.5 Å². The lowest BCUT2D eigenvalue weighted by Crippen LogP contribution is -2.22. The van der Waals surface area contributed by atoms with Gasteiger partial charge in [0.1, 0.15) is 5.82 Å². The predicted molar refractivity (Wildman–Crippen MR) is 140 cm³/mol. The summed E-state index contributed by atoms with van der Waals surface area (Å²) in [6, 6.07) is 27.7. The number of nitrogens with one attached hydrogen (secondary N) is 1. The average molecular weight is 445 g/mol. The van der Waals surface area contributed by atoms with Gasteiger partial charge in [-0.25, -0.2) is 4.98 Å². The number of nitrogens with zero attached hydrogens (tertiary/aromatic N) is 1. The van der Waals surface area contributed by atoms with Crippen LogP contribution in [0, 0.1) is 11.8 Å². The fourth-order valence-electron chi connectivity index (χ4n) is 4.52. The van der Waals surface area contributed by atoms with Gasteiger partial charge in [0.05, 0.1) is 11.0 Å². The molecule has 0 saturated heterocycles. The summed E-state index contributed by atoms with van der Waals surface area (Å²) in [5.41, 5.74) is 6.91. The lowest BCUT2D eigenvalue weighted by atomic mass is 9.81. The third kappa shape index (κ3) is 3.81. The molecule has 2 heterocycles. The molecule has 0 bridgehead atoms. The van der Waals surface area contributed by atoms with Crippen molar-refractivity contribution in [2.45, 2.75) is 30.6 Å². The fraction of sp³-hybridized carbons (Fsp3) is 0.167. The van der Waals surface area contributed by atoms with E-state index >= 15 is 0 Å². The molecule has 1 aliphatic heterocycles. The quantitative estimate of drug-likeness (QED) is 0.270. The third-order valence-corrected chi connectivity index (χ3v) is 7.62. The fourth-order valence-corrected chi connectivity index (χ4v) is 6.01. The molecule has 160 valence electrons. The highest BCUT2D eigenvalue weighted by Gasteiger charge is 2.27. The Morgan fingerprint density at radius 3 is 2.48 bits per heavy atom. The molecule has 0 saturated carbocycles. The molecule has 1 N–H and O–H groups in total. The van der Waals surface area contributed by atoms with Crippen LogP contribution in [0.15, 0.2) is 83.8 Å². The van der Waals surface area contributed by atoms with E-state index in [0.29, 0.717) is 0 Å². The minimum atomic E-state index is 0.221. The van der Waals surface area contributed by atoms with E-state index in [-0.39, 0.29) is 5.41 Å². The molecule has 5 aromatic rings. The summed E-state index contributed by atoms with van der Waals surface area (Å²) in [5.74, 6) is 8.86. The first kappa shape index (κ1) is 20.1. The zero-order chi connectivity index (χ0) is 22.4. The van der Waals surface area contributed by atoms with Crippen LogP contribution in [-0.2, 0) is 5.41 Å². The van der Waals surface area contributed by atoms with Gasteiger partial charge in [0.15, 0.2) is 0 Å². The molecule has 4 aromatic carbocycles. The predicted octanol–water partition coefficient (Wildman–Crippen LogP) is 7.56. The van der Waals surface area contributed by atoms with Crippen molar-refractivity contribution in [3.63, 3.8) is 0 Å². The summed E-state index contributed by atoms with van der Waals surface area (Å²) in [6.07, 6.45) is 1.21. The van der Waals surface area contributed by atoms with Crippen LogP contribution in [-0.4, -0.2) is 15.7 Å². The Kier molecular flexibility index (Phi) is 4.78. The van der Waals surface area contributed by atoms with E-state index in [1.54, 1.807) is 0 Å². The maximum absolute atomic E-state index is 4.73. The summed E-state index contributed by atoms with van der Waals surface area (Å²) >= 11 is 1.96. The average Bonchev–Trinajstić information content (AvgIpc) is 3.27. The number of thioether (sulfide) groups is 1. The van der Waals surface area contributed by atoms with Crippen LogP contribution in [0.4, 0.5) is 0 Å². The Balaban J connectivity index is 1.31.